The van der Waals surface area contributed by atoms with Gasteiger partial charge in [-0.1, -0.05) is 103 Å². The van der Waals surface area contributed by atoms with Gasteiger partial charge in [-0.3, -0.25) is 9.55 Å². The highest BCUT2D eigenvalue weighted by Gasteiger charge is 2.18. The minimum atomic E-state index is 0.201. The van der Waals surface area contributed by atoms with Crippen LogP contribution in [0.3, 0.4) is 0 Å². The first kappa shape index (κ1) is 26.2. The Kier molecular flexibility index (Phi) is 5.93. The summed E-state index contributed by atoms with van der Waals surface area (Å²) >= 11 is 0. The van der Waals surface area contributed by atoms with E-state index >= 15 is 0 Å². The third-order valence-electron chi connectivity index (χ3n) is 8.93. The molecular formula is C42H27N3O. The number of para-hydroxylation sites is 3. The average molecular weight is 590 g/mol. The van der Waals surface area contributed by atoms with E-state index in [9.17, 15) is 5.11 Å². The molecule has 46 heavy (non-hydrogen) atoms. The Balaban J connectivity index is 1.20. The van der Waals surface area contributed by atoms with Gasteiger partial charge in [0, 0.05) is 34.0 Å². The van der Waals surface area contributed by atoms with E-state index in [0.29, 0.717) is 5.52 Å². The van der Waals surface area contributed by atoms with Crippen LogP contribution in [0, 0.1) is 0 Å². The van der Waals surface area contributed by atoms with Crippen LogP contribution in [0.5, 0.6) is 5.75 Å². The van der Waals surface area contributed by atoms with Crippen LogP contribution in [-0.2, 0) is 0 Å². The zero-order valence-corrected chi connectivity index (χ0v) is 24.8. The number of hydrogen-bond donors (Lipinski definition) is 1. The predicted molar refractivity (Wildman–Crippen MR) is 189 cm³/mol. The smallest absolute Gasteiger partial charge is 0.149 e. The summed E-state index contributed by atoms with van der Waals surface area (Å²) in [4.78, 5) is 9.55. The quantitative estimate of drug-likeness (QED) is 0.208. The molecule has 0 atom stereocenters. The van der Waals surface area contributed by atoms with Crippen molar-refractivity contribution in [2.75, 3.05) is 0 Å². The molecule has 0 aliphatic carbocycles. The molecule has 0 amide bonds. The first-order valence-electron chi connectivity index (χ1n) is 15.4. The molecule has 9 aromatic rings. The summed E-state index contributed by atoms with van der Waals surface area (Å²) in [5.41, 5.74) is 8.77. The Morgan fingerprint density at radius 3 is 2.11 bits per heavy atom. The summed E-state index contributed by atoms with van der Waals surface area (Å²) in [5.74, 6) is 1.11. The summed E-state index contributed by atoms with van der Waals surface area (Å²) in [6, 6.07) is 52.4. The molecule has 9 rings (SSSR count). The molecule has 2 aromatic heterocycles. The van der Waals surface area contributed by atoms with Gasteiger partial charge in [0.15, 0.2) is 0 Å². The number of nitrogens with zero attached hydrogens (tertiary/aromatic N) is 3. The molecule has 0 spiro atoms. The van der Waals surface area contributed by atoms with Crippen LogP contribution in [0.25, 0.3) is 82.8 Å². The van der Waals surface area contributed by atoms with Crippen LogP contribution < -0.4 is 0 Å². The van der Waals surface area contributed by atoms with Gasteiger partial charge in [0.25, 0.3) is 0 Å². The molecular weight excluding hydrogens is 562 g/mol. The van der Waals surface area contributed by atoms with Crippen molar-refractivity contribution in [1.29, 1.82) is 0 Å². The second kappa shape index (κ2) is 10.4. The maximum absolute atomic E-state index is 11.5. The van der Waals surface area contributed by atoms with Gasteiger partial charge in [-0.2, -0.15) is 0 Å². The molecule has 0 unspecified atom stereocenters. The molecule has 0 bridgehead atoms. The van der Waals surface area contributed by atoms with Crippen molar-refractivity contribution in [3.05, 3.63) is 158 Å². The number of hydrogen-bond acceptors (Lipinski definition) is 3. The molecule has 0 aliphatic rings. The molecule has 2 heterocycles. The van der Waals surface area contributed by atoms with Crippen LogP contribution in [0.15, 0.2) is 158 Å². The van der Waals surface area contributed by atoms with E-state index in [4.69, 9.17) is 4.98 Å². The fourth-order valence-corrected chi connectivity index (χ4v) is 6.73. The second-order valence-corrected chi connectivity index (χ2v) is 11.6. The molecule has 4 nitrogen and oxygen atoms in total. The standard InChI is InChI=1S/C42H27N3O/c46-41-35(23-22-28-10-8-24-43-40(28)41)39-34-13-5-4-9-31(34)25-32-21-20-30(26-36(32)39)27-16-18-29(19-17-27)42-44-37-14-6-7-15-38(37)45(42)33-11-2-1-3-12-33/h1-26,46H. The van der Waals surface area contributed by atoms with Crippen LogP contribution >= 0.6 is 0 Å². The number of aromatic hydroxyl groups is 1. The first-order chi connectivity index (χ1) is 22.7. The Bertz CT molecular complexity index is 2590. The third-order valence-corrected chi connectivity index (χ3v) is 8.93. The summed E-state index contributed by atoms with van der Waals surface area (Å²) in [6.45, 7) is 0. The Labute approximate surface area is 265 Å². The lowest BCUT2D eigenvalue weighted by atomic mass is 9.89. The molecule has 0 aliphatic heterocycles. The van der Waals surface area contributed by atoms with Gasteiger partial charge in [-0.05, 0) is 81.2 Å². The number of pyridine rings is 1. The van der Waals surface area contributed by atoms with Gasteiger partial charge in [-0.25, -0.2) is 4.98 Å². The van der Waals surface area contributed by atoms with Crippen molar-refractivity contribution in [1.82, 2.24) is 14.5 Å². The molecule has 0 saturated heterocycles. The topological polar surface area (TPSA) is 50.9 Å². The number of rotatable bonds is 4. The van der Waals surface area contributed by atoms with Gasteiger partial charge in [0.2, 0.25) is 0 Å². The minimum Gasteiger partial charge on any atom is -0.505 e. The normalized spacial score (nSPS) is 11.6. The summed E-state index contributed by atoms with van der Waals surface area (Å²) in [5, 5.41) is 16.9. The molecule has 0 fully saturated rings. The lowest BCUT2D eigenvalue weighted by Crippen LogP contribution is -1.97. The maximum atomic E-state index is 11.5. The largest absolute Gasteiger partial charge is 0.505 e. The Morgan fingerprint density at radius 1 is 0.522 bits per heavy atom. The molecule has 1 N–H and O–H groups in total. The van der Waals surface area contributed by atoms with Gasteiger partial charge in [-0.15, -0.1) is 0 Å². The number of phenolic OH excluding ortho intramolecular Hbond substituents is 1. The van der Waals surface area contributed by atoms with Crippen LogP contribution in [0.4, 0.5) is 0 Å². The summed E-state index contributed by atoms with van der Waals surface area (Å²) in [6.07, 6.45) is 1.73. The van der Waals surface area contributed by atoms with Crippen molar-refractivity contribution < 1.29 is 5.11 Å². The van der Waals surface area contributed by atoms with Crippen molar-refractivity contribution in [3.8, 4) is 45.1 Å². The molecule has 216 valence electrons. The Morgan fingerprint density at radius 2 is 1.22 bits per heavy atom. The summed E-state index contributed by atoms with van der Waals surface area (Å²) in [7, 11) is 0. The fraction of sp³-hybridized carbons (Fsp3) is 0. The van der Waals surface area contributed by atoms with Gasteiger partial charge < -0.3 is 5.11 Å². The van der Waals surface area contributed by atoms with E-state index in [-0.39, 0.29) is 5.75 Å². The number of imidazole rings is 1. The average Bonchev–Trinajstić information content (AvgIpc) is 3.51. The van der Waals surface area contributed by atoms with Crippen LogP contribution in [-0.4, -0.2) is 19.6 Å². The van der Waals surface area contributed by atoms with Crippen LogP contribution in [0.1, 0.15) is 0 Å². The SMILES string of the molecule is Oc1c(-c2c3ccccc3cc3ccc(-c4ccc(-c5nc6ccccc6n5-c5ccccc5)cc4)cc23)ccc2cccnc12. The number of benzene rings is 7. The lowest BCUT2D eigenvalue weighted by molar-refractivity contribution is 0.482. The van der Waals surface area contributed by atoms with Crippen LogP contribution in [0.2, 0.25) is 0 Å². The Hall–Kier alpha value is -6.26. The first-order valence-corrected chi connectivity index (χ1v) is 15.4. The highest BCUT2D eigenvalue weighted by atomic mass is 16.3. The molecule has 0 saturated carbocycles. The number of fused-ring (bicyclic) bond motifs is 4. The van der Waals surface area contributed by atoms with E-state index in [0.717, 1.165) is 77.3 Å². The van der Waals surface area contributed by atoms with Crippen molar-refractivity contribution in [2.45, 2.75) is 0 Å². The summed E-state index contributed by atoms with van der Waals surface area (Å²) < 4.78 is 2.22. The monoisotopic (exact) mass is 589 g/mol. The van der Waals surface area contributed by atoms with E-state index in [1.54, 1.807) is 6.20 Å². The highest BCUT2D eigenvalue weighted by Crippen LogP contribution is 2.43. The van der Waals surface area contributed by atoms with Crippen molar-refractivity contribution in [3.63, 3.8) is 0 Å². The zero-order valence-electron chi connectivity index (χ0n) is 24.8. The highest BCUT2D eigenvalue weighted by molar-refractivity contribution is 6.15. The third kappa shape index (κ3) is 4.15. The molecule has 0 radical (unpaired) electrons. The molecule has 4 heteroatoms. The van der Waals surface area contributed by atoms with E-state index in [1.165, 1.54) is 0 Å². The van der Waals surface area contributed by atoms with Crippen molar-refractivity contribution >= 4 is 43.5 Å². The lowest BCUT2D eigenvalue weighted by Gasteiger charge is -2.15. The maximum Gasteiger partial charge on any atom is 0.149 e. The minimum absolute atomic E-state index is 0.201. The van der Waals surface area contributed by atoms with E-state index in [2.05, 4.69) is 125 Å². The fourth-order valence-electron chi connectivity index (χ4n) is 6.73. The number of aromatic nitrogens is 3. The van der Waals surface area contributed by atoms with Crippen molar-refractivity contribution in [2.24, 2.45) is 0 Å². The van der Waals surface area contributed by atoms with Gasteiger partial charge in [0.1, 0.15) is 17.1 Å². The zero-order chi connectivity index (χ0) is 30.6. The second-order valence-electron chi connectivity index (χ2n) is 11.6. The van der Waals surface area contributed by atoms with E-state index in [1.807, 2.05) is 36.4 Å². The van der Waals surface area contributed by atoms with Gasteiger partial charge >= 0.3 is 0 Å². The van der Waals surface area contributed by atoms with E-state index < -0.39 is 0 Å². The number of phenols is 1. The molecule has 7 aromatic carbocycles. The predicted octanol–water partition coefficient (Wildman–Crippen LogP) is 10.6. The van der Waals surface area contributed by atoms with Gasteiger partial charge in [0.05, 0.1) is 11.0 Å².